The van der Waals surface area contributed by atoms with Gasteiger partial charge in [-0.05, 0) is 71.7 Å². The Labute approximate surface area is 195 Å². The molecule has 1 aromatic heterocycles. The number of nitrogens with one attached hydrogen (secondary N) is 1. The van der Waals surface area contributed by atoms with E-state index < -0.39 is 0 Å². The molecule has 0 aliphatic carbocycles. The molecular formula is C24H25BrFN3O3. The normalized spacial score (nSPS) is 10.8. The lowest BCUT2D eigenvalue weighted by Gasteiger charge is -2.30. The molecule has 0 aliphatic rings. The molecule has 0 spiro atoms. The van der Waals surface area contributed by atoms with Crippen molar-refractivity contribution >= 4 is 33.6 Å². The number of para-hydroxylation sites is 1. The van der Waals surface area contributed by atoms with Crippen molar-refractivity contribution in [2.75, 3.05) is 11.9 Å². The monoisotopic (exact) mass is 501 g/mol. The lowest BCUT2D eigenvalue weighted by atomic mass is 10.2. The van der Waals surface area contributed by atoms with Crippen LogP contribution in [0.1, 0.15) is 25.2 Å². The smallest absolute Gasteiger partial charge is 0.322 e. The molecule has 0 radical (unpaired) electrons. The van der Waals surface area contributed by atoms with E-state index in [0.29, 0.717) is 11.4 Å². The average Bonchev–Trinajstić information content (AvgIpc) is 3.27. The highest BCUT2D eigenvalue weighted by Crippen LogP contribution is 2.22. The molecule has 3 amide bonds. The molecule has 0 atom stereocenters. The topological polar surface area (TPSA) is 65.8 Å². The van der Waals surface area contributed by atoms with Crippen LogP contribution in [0.2, 0.25) is 0 Å². The van der Waals surface area contributed by atoms with Crippen molar-refractivity contribution in [3.8, 4) is 0 Å². The number of carbonyl (C=O) groups excluding carboxylic acids is 2. The van der Waals surface area contributed by atoms with Gasteiger partial charge in [-0.1, -0.05) is 24.3 Å². The van der Waals surface area contributed by atoms with E-state index in [1.807, 2.05) is 32.0 Å². The van der Waals surface area contributed by atoms with Gasteiger partial charge in [0.25, 0.3) is 0 Å². The maximum atomic E-state index is 13.3. The molecule has 3 aromatic rings. The summed E-state index contributed by atoms with van der Waals surface area (Å²) >= 11 is 3.41. The Morgan fingerprint density at radius 1 is 1.03 bits per heavy atom. The molecule has 1 N–H and O–H groups in total. The first-order valence-electron chi connectivity index (χ1n) is 10.2. The summed E-state index contributed by atoms with van der Waals surface area (Å²) in [6.07, 6.45) is 1.54. The maximum Gasteiger partial charge on any atom is 0.322 e. The van der Waals surface area contributed by atoms with Crippen molar-refractivity contribution < 1.29 is 18.4 Å². The van der Waals surface area contributed by atoms with E-state index in [1.165, 1.54) is 17.0 Å². The summed E-state index contributed by atoms with van der Waals surface area (Å²) in [6, 6.07) is 16.2. The van der Waals surface area contributed by atoms with Crippen LogP contribution in [0.15, 0.2) is 75.8 Å². The Morgan fingerprint density at radius 2 is 1.75 bits per heavy atom. The van der Waals surface area contributed by atoms with Gasteiger partial charge in [-0.15, -0.1) is 0 Å². The predicted octanol–water partition coefficient (Wildman–Crippen LogP) is 5.65. The van der Waals surface area contributed by atoms with Gasteiger partial charge in [0.2, 0.25) is 5.91 Å². The quantitative estimate of drug-likeness (QED) is 0.433. The largest absolute Gasteiger partial charge is 0.467 e. The van der Waals surface area contributed by atoms with Crippen LogP contribution in [0.3, 0.4) is 0 Å². The van der Waals surface area contributed by atoms with Crippen LogP contribution in [0.25, 0.3) is 0 Å². The molecule has 168 valence electrons. The predicted molar refractivity (Wildman–Crippen MR) is 124 cm³/mol. The Kier molecular flexibility index (Phi) is 8.05. The van der Waals surface area contributed by atoms with E-state index in [4.69, 9.17) is 4.42 Å². The van der Waals surface area contributed by atoms with Gasteiger partial charge in [0, 0.05) is 17.1 Å². The second kappa shape index (κ2) is 10.9. The van der Waals surface area contributed by atoms with E-state index >= 15 is 0 Å². The average molecular weight is 502 g/mol. The number of urea groups is 1. The number of amides is 3. The Balaban J connectivity index is 1.75. The Bertz CT molecular complexity index is 1040. The number of furan rings is 1. The molecule has 0 bridgehead atoms. The zero-order chi connectivity index (χ0) is 23.1. The minimum Gasteiger partial charge on any atom is -0.467 e. The molecule has 3 rings (SSSR count). The highest BCUT2D eigenvalue weighted by atomic mass is 79.9. The van der Waals surface area contributed by atoms with Crippen LogP contribution >= 0.6 is 15.9 Å². The summed E-state index contributed by atoms with van der Waals surface area (Å²) in [5.41, 5.74) is 1.40. The number of nitrogens with zero attached hydrogens (tertiary/aromatic N) is 2. The molecular weight excluding hydrogens is 477 g/mol. The number of hydrogen-bond acceptors (Lipinski definition) is 3. The van der Waals surface area contributed by atoms with Gasteiger partial charge >= 0.3 is 6.03 Å². The zero-order valence-corrected chi connectivity index (χ0v) is 19.5. The fraction of sp³-hybridized carbons (Fsp3) is 0.250. The first kappa shape index (κ1) is 23.5. The number of anilines is 1. The minimum absolute atomic E-state index is 0.115. The summed E-state index contributed by atoms with van der Waals surface area (Å²) in [6.45, 7) is 4.09. The van der Waals surface area contributed by atoms with Gasteiger partial charge in [0.15, 0.2) is 0 Å². The number of halogens is 2. The summed E-state index contributed by atoms with van der Waals surface area (Å²) in [4.78, 5) is 29.3. The fourth-order valence-electron chi connectivity index (χ4n) is 3.12. The van der Waals surface area contributed by atoms with Crippen LogP contribution in [-0.2, 0) is 17.9 Å². The van der Waals surface area contributed by atoms with Crippen molar-refractivity contribution in [2.45, 2.75) is 33.0 Å². The molecule has 2 aromatic carbocycles. The molecule has 32 heavy (non-hydrogen) atoms. The van der Waals surface area contributed by atoms with Crippen molar-refractivity contribution in [1.29, 1.82) is 0 Å². The van der Waals surface area contributed by atoms with Gasteiger partial charge in [0.1, 0.15) is 18.1 Å². The first-order valence-corrected chi connectivity index (χ1v) is 11.0. The third-order valence-electron chi connectivity index (χ3n) is 4.87. The molecule has 0 saturated heterocycles. The van der Waals surface area contributed by atoms with Crippen molar-refractivity contribution in [3.63, 3.8) is 0 Å². The van der Waals surface area contributed by atoms with Crippen molar-refractivity contribution in [3.05, 3.63) is 88.5 Å². The van der Waals surface area contributed by atoms with Crippen LogP contribution < -0.4 is 5.32 Å². The number of carbonyl (C=O) groups is 2. The minimum atomic E-state index is -0.375. The van der Waals surface area contributed by atoms with Gasteiger partial charge < -0.3 is 19.5 Å². The van der Waals surface area contributed by atoms with Crippen LogP contribution in [0.4, 0.5) is 14.9 Å². The van der Waals surface area contributed by atoms with Crippen LogP contribution in [0.5, 0.6) is 0 Å². The van der Waals surface area contributed by atoms with E-state index in [9.17, 15) is 14.0 Å². The number of hydrogen-bond donors (Lipinski definition) is 1. The van der Waals surface area contributed by atoms with E-state index in [0.717, 1.165) is 10.0 Å². The van der Waals surface area contributed by atoms with Crippen molar-refractivity contribution in [2.24, 2.45) is 0 Å². The van der Waals surface area contributed by atoms with E-state index in [2.05, 4.69) is 21.2 Å². The summed E-state index contributed by atoms with van der Waals surface area (Å²) in [5, 5.41) is 2.85. The van der Waals surface area contributed by atoms with Gasteiger partial charge in [-0.3, -0.25) is 4.79 Å². The lowest BCUT2D eigenvalue weighted by Crippen LogP contribution is -2.47. The first-order chi connectivity index (χ1) is 15.3. The molecule has 6 nitrogen and oxygen atoms in total. The third-order valence-corrected chi connectivity index (χ3v) is 5.56. The number of rotatable bonds is 8. The van der Waals surface area contributed by atoms with Gasteiger partial charge in [-0.2, -0.15) is 0 Å². The van der Waals surface area contributed by atoms with E-state index in [-0.39, 0.29) is 43.4 Å². The van der Waals surface area contributed by atoms with Gasteiger partial charge in [-0.25, -0.2) is 9.18 Å². The van der Waals surface area contributed by atoms with Crippen LogP contribution in [0, 0.1) is 5.82 Å². The molecule has 8 heteroatoms. The Hall–Kier alpha value is -3.13. The van der Waals surface area contributed by atoms with E-state index in [1.54, 1.807) is 41.5 Å². The summed E-state index contributed by atoms with van der Waals surface area (Å²) in [5.74, 6) is 0.0308. The fourth-order valence-corrected chi connectivity index (χ4v) is 3.50. The summed E-state index contributed by atoms with van der Waals surface area (Å²) < 4.78 is 19.5. The zero-order valence-electron chi connectivity index (χ0n) is 17.9. The lowest BCUT2D eigenvalue weighted by molar-refractivity contribution is -0.133. The standard InChI is InChI=1S/C24H25BrFN3O3/c1-17(2)29(24(31)27-22-8-4-3-7-21(22)25)16-23(30)28(15-20-6-5-13-32-20)14-18-9-11-19(26)12-10-18/h3-13,17H,14-16H2,1-2H3,(H,27,31). The molecule has 0 fully saturated rings. The summed E-state index contributed by atoms with van der Waals surface area (Å²) in [7, 11) is 0. The maximum absolute atomic E-state index is 13.3. The second-order valence-electron chi connectivity index (χ2n) is 7.59. The second-order valence-corrected chi connectivity index (χ2v) is 8.44. The SMILES string of the molecule is CC(C)N(CC(=O)N(Cc1ccc(F)cc1)Cc1ccco1)C(=O)Nc1ccccc1Br. The number of benzene rings is 2. The van der Waals surface area contributed by atoms with Crippen LogP contribution in [-0.4, -0.2) is 34.3 Å². The molecule has 0 aliphatic heterocycles. The Morgan fingerprint density at radius 3 is 2.38 bits per heavy atom. The van der Waals surface area contributed by atoms with Gasteiger partial charge in [0.05, 0.1) is 18.5 Å². The molecule has 1 heterocycles. The molecule has 0 unspecified atom stereocenters. The third kappa shape index (κ3) is 6.43. The van der Waals surface area contributed by atoms with Crippen molar-refractivity contribution in [1.82, 2.24) is 9.80 Å². The highest BCUT2D eigenvalue weighted by Gasteiger charge is 2.25. The molecule has 0 saturated carbocycles. The highest BCUT2D eigenvalue weighted by molar-refractivity contribution is 9.10.